The molecule has 0 aliphatic carbocycles. The van der Waals surface area contributed by atoms with Crippen molar-refractivity contribution in [2.24, 2.45) is 0 Å². The van der Waals surface area contributed by atoms with Gasteiger partial charge in [-0.3, -0.25) is 4.79 Å². The highest BCUT2D eigenvalue weighted by Gasteiger charge is 2.33. The number of aryl methyl sites for hydroxylation is 1. The highest BCUT2D eigenvalue weighted by Crippen LogP contribution is 2.22. The molecule has 1 N–H and O–H groups in total. The zero-order valence-electron chi connectivity index (χ0n) is 9.79. The van der Waals surface area contributed by atoms with Gasteiger partial charge in [0.25, 0.3) is 0 Å². The molecule has 1 saturated heterocycles. The van der Waals surface area contributed by atoms with Gasteiger partial charge in [0.15, 0.2) is 5.78 Å². The maximum Gasteiger partial charge on any atom is 0.152 e. The van der Waals surface area contributed by atoms with Gasteiger partial charge in [-0.2, -0.15) is 0 Å². The topological polar surface area (TPSA) is 29.1 Å². The molecule has 0 radical (unpaired) electrons. The molecule has 16 heavy (non-hydrogen) atoms. The van der Waals surface area contributed by atoms with Crippen LogP contribution in [0, 0.1) is 0 Å². The predicted octanol–water partition coefficient (Wildman–Crippen LogP) is 2.78. The number of hydrogen-bond donors (Lipinski definition) is 1. The molecule has 0 aromatic carbocycles. The molecule has 88 valence electrons. The zero-order valence-corrected chi connectivity index (χ0v) is 10.6. The van der Waals surface area contributed by atoms with Crippen LogP contribution in [0.2, 0.25) is 0 Å². The van der Waals surface area contributed by atoms with Crippen molar-refractivity contribution in [2.45, 2.75) is 44.6 Å². The zero-order chi connectivity index (χ0) is 11.4. The lowest BCUT2D eigenvalue weighted by molar-refractivity contribution is -0.125. The monoisotopic (exact) mass is 237 g/mol. The molecule has 1 unspecified atom stereocenters. The largest absolute Gasteiger partial charge is 0.305 e. The van der Waals surface area contributed by atoms with Gasteiger partial charge in [-0.25, -0.2) is 0 Å². The Hall–Kier alpha value is -0.670. The van der Waals surface area contributed by atoms with Crippen molar-refractivity contribution in [1.29, 1.82) is 0 Å². The van der Waals surface area contributed by atoms with E-state index in [-0.39, 0.29) is 5.54 Å². The van der Waals surface area contributed by atoms with Crippen molar-refractivity contribution in [3.63, 3.8) is 0 Å². The van der Waals surface area contributed by atoms with Gasteiger partial charge >= 0.3 is 0 Å². The SMILES string of the molecule is CC1(C(=O)CCc2cccs2)CCCCN1. The van der Waals surface area contributed by atoms with Gasteiger partial charge in [0.1, 0.15) is 0 Å². The van der Waals surface area contributed by atoms with E-state index in [1.54, 1.807) is 11.3 Å². The Morgan fingerprint density at radius 1 is 1.56 bits per heavy atom. The average Bonchev–Trinajstić information content (AvgIpc) is 2.79. The van der Waals surface area contributed by atoms with Crippen LogP contribution >= 0.6 is 11.3 Å². The van der Waals surface area contributed by atoms with Crippen LogP contribution in [0.3, 0.4) is 0 Å². The molecule has 2 heterocycles. The molecule has 0 bridgehead atoms. The Bertz CT molecular complexity index is 339. The molecule has 1 atom stereocenters. The summed E-state index contributed by atoms with van der Waals surface area (Å²) in [7, 11) is 0. The minimum Gasteiger partial charge on any atom is -0.305 e. The van der Waals surface area contributed by atoms with E-state index in [9.17, 15) is 4.79 Å². The van der Waals surface area contributed by atoms with Crippen LogP contribution in [0.4, 0.5) is 0 Å². The Morgan fingerprint density at radius 3 is 3.06 bits per heavy atom. The number of Topliss-reactive ketones (excluding diaryl/α,β-unsaturated/α-hetero) is 1. The number of hydrogen-bond acceptors (Lipinski definition) is 3. The molecule has 2 nitrogen and oxygen atoms in total. The predicted molar refractivity (Wildman–Crippen MR) is 67.9 cm³/mol. The van der Waals surface area contributed by atoms with Crippen LogP contribution in [-0.4, -0.2) is 17.9 Å². The van der Waals surface area contributed by atoms with E-state index >= 15 is 0 Å². The quantitative estimate of drug-likeness (QED) is 0.872. The normalized spacial score (nSPS) is 25.6. The molecule has 2 rings (SSSR count). The molecule has 0 saturated carbocycles. The van der Waals surface area contributed by atoms with Gasteiger partial charge in [-0.15, -0.1) is 11.3 Å². The number of piperidine rings is 1. The highest BCUT2D eigenvalue weighted by atomic mass is 32.1. The Kier molecular flexibility index (Phi) is 3.77. The molecule has 1 aliphatic rings. The summed E-state index contributed by atoms with van der Waals surface area (Å²) in [5, 5.41) is 5.45. The summed E-state index contributed by atoms with van der Waals surface area (Å²) in [6.45, 7) is 3.05. The lowest BCUT2D eigenvalue weighted by Gasteiger charge is -2.33. The number of thiophene rings is 1. The highest BCUT2D eigenvalue weighted by molar-refractivity contribution is 7.09. The Morgan fingerprint density at radius 2 is 2.44 bits per heavy atom. The van der Waals surface area contributed by atoms with E-state index in [0.29, 0.717) is 12.2 Å². The molecule has 0 spiro atoms. The van der Waals surface area contributed by atoms with Crippen LogP contribution in [0.15, 0.2) is 17.5 Å². The van der Waals surface area contributed by atoms with Crippen LogP contribution < -0.4 is 5.32 Å². The van der Waals surface area contributed by atoms with Gasteiger partial charge in [0.2, 0.25) is 0 Å². The van der Waals surface area contributed by atoms with Gasteiger partial charge in [-0.1, -0.05) is 6.07 Å². The van der Waals surface area contributed by atoms with E-state index in [4.69, 9.17) is 0 Å². The first-order valence-electron chi connectivity index (χ1n) is 6.01. The lowest BCUT2D eigenvalue weighted by Crippen LogP contribution is -2.52. The third-order valence-electron chi connectivity index (χ3n) is 3.41. The maximum atomic E-state index is 12.2. The number of ketones is 1. The van der Waals surface area contributed by atoms with Crippen molar-refractivity contribution in [3.8, 4) is 0 Å². The fraction of sp³-hybridized carbons (Fsp3) is 0.615. The van der Waals surface area contributed by atoms with E-state index in [1.807, 2.05) is 6.07 Å². The van der Waals surface area contributed by atoms with Gasteiger partial charge < -0.3 is 5.32 Å². The summed E-state index contributed by atoms with van der Waals surface area (Å²) in [6, 6.07) is 4.15. The molecular weight excluding hydrogens is 218 g/mol. The number of nitrogens with one attached hydrogen (secondary N) is 1. The van der Waals surface area contributed by atoms with E-state index in [2.05, 4.69) is 23.7 Å². The maximum absolute atomic E-state index is 12.2. The molecule has 1 aromatic heterocycles. The van der Waals surface area contributed by atoms with E-state index in [1.165, 1.54) is 17.7 Å². The minimum absolute atomic E-state index is 0.254. The van der Waals surface area contributed by atoms with Crippen LogP contribution in [0.25, 0.3) is 0 Å². The van der Waals surface area contributed by atoms with Crippen LogP contribution in [0.5, 0.6) is 0 Å². The van der Waals surface area contributed by atoms with E-state index in [0.717, 1.165) is 19.4 Å². The summed E-state index contributed by atoms with van der Waals surface area (Å²) in [6.07, 6.45) is 4.94. The third kappa shape index (κ3) is 2.71. The first-order valence-corrected chi connectivity index (χ1v) is 6.89. The fourth-order valence-electron chi connectivity index (χ4n) is 2.26. The second-order valence-corrected chi connectivity index (χ2v) is 5.75. The average molecular weight is 237 g/mol. The second kappa shape index (κ2) is 5.11. The molecule has 0 amide bonds. The second-order valence-electron chi connectivity index (χ2n) is 4.72. The van der Waals surface area contributed by atoms with Crippen LogP contribution in [-0.2, 0) is 11.2 Å². The minimum atomic E-state index is -0.254. The molecule has 1 aliphatic heterocycles. The molecular formula is C13H19NOS. The van der Waals surface area contributed by atoms with Crippen molar-refractivity contribution < 1.29 is 4.79 Å². The molecule has 1 fully saturated rings. The number of carbonyl (C=O) groups is 1. The lowest BCUT2D eigenvalue weighted by atomic mass is 9.85. The third-order valence-corrected chi connectivity index (χ3v) is 4.35. The summed E-state index contributed by atoms with van der Waals surface area (Å²) in [5.41, 5.74) is -0.254. The number of carbonyl (C=O) groups excluding carboxylic acids is 1. The molecule has 1 aromatic rings. The van der Waals surface area contributed by atoms with E-state index < -0.39 is 0 Å². The summed E-state index contributed by atoms with van der Waals surface area (Å²) in [4.78, 5) is 13.5. The summed E-state index contributed by atoms with van der Waals surface area (Å²) in [5.74, 6) is 0.376. The van der Waals surface area contributed by atoms with Gasteiger partial charge in [-0.05, 0) is 50.6 Å². The summed E-state index contributed by atoms with van der Waals surface area (Å²) < 4.78 is 0. The Balaban J connectivity index is 1.87. The van der Waals surface area contributed by atoms with Gasteiger partial charge in [0.05, 0.1) is 5.54 Å². The summed E-state index contributed by atoms with van der Waals surface area (Å²) >= 11 is 1.74. The van der Waals surface area contributed by atoms with Crippen molar-refractivity contribution in [3.05, 3.63) is 22.4 Å². The van der Waals surface area contributed by atoms with Crippen LogP contribution in [0.1, 0.15) is 37.5 Å². The number of rotatable bonds is 4. The standard InChI is InChI=1S/C13H19NOS/c1-13(8-2-3-9-14-13)12(15)7-6-11-5-4-10-16-11/h4-5,10,14H,2-3,6-9H2,1H3. The van der Waals surface area contributed by atoms with Crippen molar-refractivity contribution >= 4 is 17.1 Å². The van der Waals surface area contributed by atoms with Crippen molar-refractivity contribution in [2.75, 3.05) is 6.54 Å². The molecule has 3 heteroatoms. The van der Waals surface area contributed by atoms with Crippen molar-refractivity contribution in [1.82, 2.24) is 5.32 Å². The first kappa shape index (κ1) is 11.8. The van der Waals surface area contributed by atoms with Gasteiger partial charge in [0, 0.05) is 11.3 Å². The smallest absolute Gasteiger partial charge is 0.152 e. The Labute approximate surface area is 101 Å². The fourth-order valence-corrected chi connectivity index (χ4v) is 2.97. The first-order chi connectivity index (χ1) is 7.71.